The lowest BCUT2D eigenvalue weighted by Gasteiger charge is -2.24. The van der Waals surface area contributed by atoms with Gasteiger partial charge in [0.25, 0.3) is 0 Å². The highest BCUT2D eigenvalue weighted by atomic mass is 31.2. The quantitative estimate of drug-likeness (QED) is 0.0222. The second-order valence-electron chi connectivity index (χ2n) is 14.6. The van der Waals surface area contributed by atoms with Crippen LogP contribution in [0.1, 0.15) is 162 Å². The van der Waals surface area contributed by atoms with Gasteiger partial charge in [0.15, 0.2) is 6.10 Å². The second kappa shape index (κ2) is 34.0. The molecular weight excluding hydrogens is 665 g/mol. The number of esters is 2. The first-order valence-electron chi connectivity index (χ1n) is 20.2. The summed E-state index contributed by atoms with van der Waals surface area (Å²) in [6, 6.07) is 0. The highest BCUT2D eigenvalue weighted by Crippen LogP contribution is 2.43. The van der Waals surface area contributed by atoms with Gasteiger partial charge in [-0.15, -0.1) is 0 Å². The summed E-state index contributed by atoms with van der Waals surface area (Å²) in [5.74, 6) is -0.818. The van der Waals surface area contributed by atoms with E-state index in [1.807, 2.05) is 21.1 Å². The van der Waals surface area contributed by atoms with E-state index in [1.54, 1.807) is 0 Å². The molecule has 0 bridgehead atoms. The number of allylic oxidation sites excluding steroid dienone is 6. The van der Waals surface area contributed by atoms with Crippen LogP contribution in [0.5, 0.6) is 0 Å². The molecule has 0 aromatic rings. The van der Waals surface area contributed by atoms with E-state index in [1.165, 1.54) is 57.8 Å². The van der Waals surface area contributed by atoms with Gasteiger partial charge in [0.1, 0.15) is 19.8 Å². The fourth-order valence-electron chi connectivity index (χ4n) is 5.26. The average Bonchev–Trinajstić information content (AvgIpc) is 3.07. The number of unbranched alkanes of at least 4 members (excludes halogenated alkanes) is 16. The summed E-state index contributed by atoms with van der Waals surface area (Å²) in [5.41, 5.74) is 0. The molecule has 0 saturated carbocycles. The van der Waals surface area contributed by atoms with E-state index in [0.717, 1.165) is 70.6 Å². The van der Waals surface area contributed by atoms with Gasteiger partial charge < -0.3 is 18.9 Å². The van der Waals surface area contributed by atoms with Crippen LogP contribution < -0.4 is 0 Å². The van der Waals surface area contributed by atoms with Crippen molar-refractivity contribution in [2.45, 2.75) is 168 Å². The van der Waals surface area contributed by atoms with Crippen molar-refractivity contribution in [2.75, 3.05) is 47.5 Å². The Morgan fingerprint density at radius 2 is 1.12 bits per heavy atom. The van der Waals surface area contributed by atoms with Gasteiger partial charge >= 0.3 is 19.8 Å². The molecule has 51 heavy (non-hydrogen) atoms. The summed E-state index contributed by atoms with van der Waals surface area (Å²) < 4.78 is 34.2. The molecule has 10 heteroatoms. The summed E-state index contributed by atoms with van der Waals surface area (Å²) in [6.07, 6.45) is 36.1. The Morgan fingerprint density at radius 1 is 0.627 bits per heavy atom. The predicted octanol–water partition coefficient (Wildman–Crippen LogP) is 11.0. The fourth-order valence-corrected chi connectivity index (χ4v) is 6.00. The van der Waals surface area contributed by atoms with E-state index in [4.69, 9.17) is 18.5 Å². The van der Waals surface area contributed by atoms with Crippen LogP contribution in [-0.4, -0.2) is 74.9 Å². The van der Waals surface area contributed by atoms with Crippen LogP contribution in [0.4, 0.5) is 0 Å². The fraction of sp³-hybridized carbons (Fsp3) is 0.805. The Kier molecular flexibility index (Phi) is 32.8. The number of hydrogen-bond donors (Lipinski definition) is 1. The molecule has 0 amide bonds. The van der Waals surface area contributed by atoms with Crippen molar-refractivity contribution in [1.82, 2.24) is 0 Å². The van der Waals surface area contributed by atoms with Crippen molar-refractivity contribution < 1.29 is 42.1 Å². The van der Waals surface area contributed by atoms with Gasteiger partial charge in [0, 0.05) is 12.8 Å². The number of quaternary nitrogens is 1. The third kappa shape index (κ3) is 37.8. The maximum absolute atomic E-state index is 12.6. The highest BCUT2D eigenvalue weighted by molar-refractivity contribution is 7.47. The zero-order valence-corrected chi connectivity index (χ0v) is 34.2. The summed E-state index contributed by atoms with van der Waals surface area (Å²) in [7, 11) is 1.46. The lowest BCUT2D eigenvalue weighted by atomic mass is 10.0. The molecule has 0 saturated heterocycles. The zero-order chi connectivity index (χ0) is 37.9. The molecule has 0 rings (SSSR count). The van der Waals surface area contributed by atoms with E-state index in [-0.39, 0.29) is 32.0 Å². The molecule has 0 radical (unpaired) electrons. The first-order chi connectivity index (χ1) is 24.5. The van der Waals surface area contributed by atoms with Gasteiger partial charge in [-0.25, -0.2) is 4.57 Å². The molecule has 0 aliphatic heterocycles. The molecule has 0 spiro atoms. The molecule has 1 N–H and O–H groups in total. The lowest BCUT2D eigenvalue weighted by molar-refractivity contribution is -0.870. The first-order valence-corrected chi connectivity index (χ1v) is 21.7. The standard InChI is InChI=1S/C41H76NO8P/c1-6-8-10-12-14-16-18-20-21-22-24-25-27-29-31-33-40(43)47-37-39(38-49-51(45,46)48-36-35-42(3,4)5)50-41(44)34-32-30-28-26-23-19-17-15-13-11-9-7-2/h8,10,14,16,20-21,39H,6-7,9,11-13,15,17-19,22-38H2,1-5H3/p+1/b10-8+,16-14+,21-20+/t39-/m1/s1. The van der Waals surface area contributed by atoms with Crippen LogP contribution in [-0.2, 0) is 32.7 Å². The zero-order valence-electron chi connectivity index (χ0n) is 33.3. The van der Waals surface area contributed by atoms with Gasteiger partial charge in [-0.2, -0.15) is 0 Å². The molecule has 0 aliphatic carbocycles. The van der Waals surface area contributed by atoms with E-state index < -0.39 is 26.5 Å². The smallest absolute Gasteiger partial charge is 0.462 e. The van der Waals surface area contributed by atoms with Gasteiger partial charge in [-0.3, -0.25) is 18.6 Å². The number of likely N-dealkylation sites (N-methyl/N-ethyl adjacent to an activating group) is 1. The first kappa shape index (κ1) is 49.2. The normalized spacial score (nSPS) is 14.1. The van der Waals surface area contributed by atoms with Crippen LogP contribution in [0.2, 0.25) is 0 Å². The van der Waals surface area contributed by atoms with Gasteiger partial charge in [-0.1, -0.05) is 140 Å². The summed E-state index contributed by atoms with van der Waals surface area (Å²) >= 11 is 0. The minimum atomic E-state index is -4.37. The van der Waals surface area contributed by atoms with Crippen molar-refractivity contribution >= 4 is 19.8 Å². The minimum Gasteiger partial charge on any atom is -0.462 e. The SMILES string of the molecule is CC/C=C/C/C=C/C/C=C/CCCCCCCC(=O)OC[C@H](COP(=O)(O)OCC[N+](C)(C)C)OC(=O)CCCCCCCCCCCCCC. The molecule has 0 heterocycles. The minimum absolute atomic E-state index is 0.0292. The number of carbonyl (C=O) groups excluding carboxylic acids is 2. The maximum atomic E-state index is 12.6. The van der Waals surface area contributed by atoms with E-state index in [0.29, 0.717) is 17.4 Å². The van der Waals surface area contributed by atoms with Crippen molar-refractivity contribution in [3.05, 3.63) is 36.5 Å². The largest absolute Gasteiger partial charge is 0.472 e. The maximum Gasteiger partial charge on any atom is 0.472 e. The second-order valence-corrected chi connectivity index (χ2v) is 16.1. The van der Waals surface area contributed by atoms with Gasteiger partial charge in [0.2, 0.25) is 0 Å². The van der Waals surface area contributed by atoms with Crippen LogP contribution in [0, 0.1) is 0 Å². The van der Waals surface area contributed by atoms with E-state index >= 15 is 0 Å². The number of carbonyl (C=O) groups is 2. The summed E-state index contributed by atoms with van der Waals surface area (Å²) in [5, 5.41) is 0. The average molecular weight is 743 g/mol. The molecule has 0 aromatic carbocycles. The Hall–Kier alpha value is -1.77. The van der Waals surface area contributed by atoms with E-state index in [2.05, 4.69) is 50.3 Å². The van der Waals surface area contributed by atoms with Crippen LogP contribution in [0.15, 0.2) is 36.5 Å². The van der Waals surface area contributed by atoms with Crippen molar-refractivity contribution in [3.8, 4) is 0 Å². The van der Waals surface area contributed by atoms with Crippen molar-refractivity contribution in [3.63, 3.8) is 0 Å². The molecule has 1 unspecified atom stereocenters. The number of ether oxygens (including phenoxy) is 2. The van der Waals surface area contributed by atoms with Crippen LogP contribution in [0.3, 0.4) is 0 Å². The molecular formula is C41H77NO8P+. The molecule has 0 aliphatic rings. The van der Waals surface area contributed by atoms with Gasteiger partial charge in [0.05, 0.1) is 27.7 Å². The number of phosphoric acid groups is 1. The molecule has 0 fully saturated rings. The Morgan fingerprint density at radius 3 is 1.67 bits per heavy atom. The predicted molar refractivity (Wildman–Crippen MR) is 210 cm³/mol. The lowest BCUT2D eigenvalue weighted by Crippen LogP contribution is -2.37. The summed E-state index contributed by atoms with van der Waals surface area (Å²) in [4.78, 5) is 35.2. The monoisotopic (exact) mass is 743 g/mol. The number of nitrogens with zero attached hydrogens (tertiary/aromatic N) is 1. The topological polar surface area (TPSA) is 108 Å². The summed E-state index contributed by atoms with van der Waals surface area (Å²) in [6.45, 7) is 4.28. The Labute approximate surface area is 312 Å². The number of rotatable bonds is 36. The third-order valence-corrected chi connectivity index (χ3v) is 9.42. The molecule has 9 nitrogen and oxygen atoms in total. The number of hydrogen-bond acceptors (Lipinski definition) is 7. The van der Waals surface area contributed by atoms with Gasteiger partial charge in [-0.05, 0) is 44.9 Å². The van der Waals surface area contributed by atoms with E-state index in [9.17, 15) is 19.0 Å². The van der Waals surface area contributed by atoms with Crippen molar-refractivity contribution in [2.24, 2.45) is 0 Å². The van der Waals surface area contributed by atoms with Crippen LogP contribution >= 0.6 is 7.82 Å². The number of phosphoric ester groups is 1. The van der Waals surface area contributed by atoms with Crippen LogP contribution in [0.25, 0.3) is 0 Å². The molecule has 0 aromatic heterocycles. The Bertz CT molecular complexity index is 975. The third-order valence-electron chi connectivity index (χ3n) is 8.43. The molecule has 298 valence electrons. The Balaban J connectivity index is 4.42. The van der Waals surface area contributed by atoms with Crippen molar-refractivity contribution in [1.29, 1.82) is 0 Å². The molecule has 2 atom stereocenters. The highest BCUT2D eigenvalue weighted by Gasteiger charge is 2.27.